The molecule has 0 bridgehead atoms. The normalized spacial score (nSPS) is 13.8. The molecule has 0 aliphatic carbocycles. The van der Waals surface area contributed by atoms with Crippen LogP contribution in [0.3, 0.4) is 0 Å². The number of hydrogen-bond donors (Lipinski definition) is 0. The third-order valence-corrected chi connectivity index (χ3v) is 6.84. The second kappa shape index (κ2) is 8.05. The summed E-state index contributed by atoms with van der Waals surface area (Å²) in [4.78, 5) is 4.32. The maximum atomic E-state index is 13.2. The van der Waals surface area contributed by atoms with E-state index in [1.807, 2.05) is 0 Å². The van der Waals surface area contributed by atoms with Crippen molar-refractivity contribution in [2.24, 2.45) is 0 Å². The Morgan fingerprint density at radius 2 is 1.75 bits per heavy atom. The van der Waals surface area contributed by atoms with E-state index in [1.54, 1.807) is 6.08 Å². The van der Waals surface area contributed by atoms with Crippen LogP contribution in [0.5, 0.6) is 5.75 Å². The van der Waals surface area contributed by atoms with Crippen LogP contribution in [0.4, 0.5) is 17.6 Å². The van der Waals surface area contributed by atoms with Crippen LogP contribution in [-0.2, 0) is 16.0 Å². The van der Waals surface area contributed by atoms with Crippen LogP contribution in [0, 0.1) is 5.82 Å². The maximum absolute atomic E-state index is 13.2. The summed E-state index contributed by atoms with van der Waals surface area (Å²) in [6.45, 7) is 1.37. The van der Waals surface area contributed by atoms with Crippen LogP contribution >= 0.6 is 0 Å². The Bertz CT molecular complexity index is 1310. The van der Waals surface area contributed by atoms with E-state index in [0.717, 1.165) is 12.1 Å². The molecule has 166 valence electrons. The maximum Gasteiger partial charge on any atom is 0.416 e. The Balaban J connectivity index is 1.81. The summed E-state index contributed by atoms with van der Waals surface area (Å²) in [6, 6.07) is 10.2. The first-order valence-corrected chi connectivity index (χ1v) is 11.3. The van der Waals surface area contributed by atoms with Crippen molar-refractivity contribution in [2.75, 3.05) is 12.4 Å². The largest absolute Gasteiger partial charge is 0.488 e. The molecule has 0 amide bonds. The minimum Gasteiger partial charge on any atom is -0.488 e. The van der Waals surface area contributed by atoms with Gasteiger partial charge in [-0.3, -0.25) is 4.98 Å². The highest BCUT2D eigenvalue weighted by Gasteiger charge is 2.32. The average Bonchev–Trinajstić information content (AvgIpc) is 2.78. The molecule has 32 heavy (non-hydrogen) atoms. The van der Waals surface area contributed by atoms with Gasteiger partial charge < -0.3 is 4.74 Å². The van der Waals surface area contributed by atoms with Crippen molar-refractivity contribution in [3.8, 4) is 16.9 Å². The Morgan fingerprint density at radius 3 is 2.41 bits per heavy atom. The summed E-state index contributed by atoms with van der Waals surface area (Å²) < 4.78 is 83.2. The van der Waals surface area contributed by atoms with Gasteiger partial charge in [0, 0.05) is 22.9 Å². The molecule has 0 saturated carbocycles. The topological polar surface area (TPSA) is 56.3 Å². The highest BCUT2D eigenvalue weighted by molar-refractivity contribution is 7.91. The smallest absolute Gasteiger partial charge is 0.416 e. The van der Waals surface area contributed by atoms with E-state index in [0.29, 0.717) is 22.3 Å². The minimum absolute atomic E-state index is 0.0213. The lowest BCUT2D eigenvalue weighted by atomic mass is 10.0. The van der Waals surface area contributed by atoms with Crippen LogP contribution in [0.2, 0.25) is 0 Å². The van der Waals surface area contributed by atoms with Gasteiger partial charge in [-0.15, -0.1) is 0 Å². The molecule has 9 heteroatoms. The predicted molar refractivity (Wildman–Crippen MR) is 112 cm³/mol. The average molecular weight is 463 g/mol. The van der Waals surface area contributed by atoms with Gasteiger partial charge in [0.25, 0.3) is 0 Å². The zero-order chi connectivity index (χ0) is 23.1. The lowest BCUT2D eigenvalue weighted by Crippen LogP contribution is -2.14. The molecule has 2 aromatic carbocycles. The first kappa shape index (κ1) is 22.0. The van der Waals surface area contributed by atoms with Gasteiger partial charge in [0.1, 0.15) is 18.2 Å². The fourth-order valence-corrected chi connectivity index (χ4v) is 4.45. The van der Waals surface area contributed by atoms with Crippen molar-refractivity contribution in [1.82, 2.24) is 4.98 Å². The second-order valence-corrected chi connectivity index (χ2v) is 9.44. The lowest BCUT2D eigenvalue weighted by Gasteiger charge is -2.21. The zero-order valence-corrected chi connectivity index (χ0v) is 17.6. The van der Waals surface area contributed by atoms with Crippen molar-refractivity contribution in [1.29, 1.82) is 0 Å². The van der Waals surface area contributed by atoms with E-state index in [9.17, 15) is 26.0 Å². The number of rotatable bonds is 4. The molecule has 0 N–H and O–H groups in total. The van der Waals surface area contributed by atoms with E-state index >= 15 is 0 Å². The van der Waals surface area contributed by atoms with Gasteiger partial charge in [-0.1, -0.05) is 25.1 Å². The van der Waals surface area contributed by atoms with Gasteiger partial charge in [-0.05, 0) is 42.0 Å². The number of sulfone groups is 1. The van der Waals surface area contributed by atoms with Crippen molar-refractivity contribution >= 4 is 21.5 Å². The number of alkyl halides is 3. The van der Waals surface area contributed by atoms with Gasteiger partial charge in [-0.2, -0.15) is 13.2 Å². The molecule has 0 saturated heterocycles. The Morgan fingerprint density at radius 1 is 1.03 bits per heavy atom. The quantitative estimate of drug-likeness (QED) is 0.471. The van der Waals surface area contributed by atoms with E-state index in [-0.39, 0.29) is 28.7 Å². The molecule has 0 radical (unpaired) electrons. The Kier molecular flexibility index (Phi) is 5.54. The zero-order valence-electron chi connectivity index (χ0n) is 16.8. The number of aromatic nitrogens is 1. The van der Waals surface area contributed by atoms with Crippen LogP contribution in [-0.4, -0.2) is 25.8 Å². The monoisotopic (exact) mass is 463 g/mol. The number of halogens is 4. The molecule has 0 fully saturated rings. The Hall–Kier alpha value is -3.20. The third-order valence-electron chi connectivity index (χ3n) is 5.10. The van der Waals surface area contributed by atoms with Gasteiger partial charge >= 0.3 is 6.18 Å². The lowest BCUT2D eigenvalue weighted by molar-refractivity contribution is -0.137. The van der Waals surface area contributed by atoms with E-state index in [4.69, 9.17) is 4.74 Å². The summed E-state index contributed by atoms with van der Waals surface area (Å²) in [5.74, 6) is -0.531. The summed E-state index contributed by atoms with van der Waals surface area (Å²) >= 11 is 0. The van der Waals surface area contributed by atoms with Gasteiger partial charge in [-0.25, -0.2) is 12.8 Å². The number of nitrogens with zero attached hydrogens (tertiary/aromatic N) is 1. The second-order valence-electron chi connectivity index (χ2n) is 7.19. The van der Waals surface area contributed by atoms with Crippen molar-refractivity contribution in [3.63, 3.8) is 0 Å². The molecular formula is C23H17F4NO3S. The number of hydrogen-bond acceptors (Lipinski definition) is 4. The van der Waals surface area contributed by atoms with Crippen molar-refractivity contribution in [2.45, 2.75) is 18.0 Å². The SMILES string of the molecule is CCS(=O)(=O)c1cc(-c2ccc(F)cc2)cnc1C1=Cc2ccc(C(F)(F)F)cc2OC1. The van der Waals surface area contributed by atoms with Gasteiger partial charge in [0.15, 0.2) is 9.84 Å². The molecule has 0 unspecified atom stereocenters. The Labute approximate surface area is 182 Å². The van der Waals surface area contributed by atoms with Gasteiger partial charge in [0.2, 0.25) is 0 Å². The van der Waals surface area contributed by atoms with E-state index in [2.05, 4.69) is 4.98 Å². The molecule has 4 nitrogen and oxygen atoms in total. The van der Waals surface area contributed by atoms with Crippen LogP contribution in [0.15, 0.2) is 59.6 Å². The summed E-state index contributed by atoms with van der Waals surface area (Å²) in [7, 11) is -3.70. The summed E-state index contributed by atoms with van der Waals surface area (Å²) in [6.07, 6.45) is -1.45. The first-order valence-electron chi connectivity index (χ1n) is 9.62. The standard InChI is InChI=1S/C23H17F4NO3S/c1-2-32(29,30)21-10-16(14-4-7-19(24)8-5-14)12-28-22(21)17-9-15-3-6-18(23(25,26)27)11-20(15)31-13-17/h3-12H,2,13H2,1H3. The van der Waals surface area contributed by atoms with Crippen LogP contribution < -0.4 is 4.74 Å². The third kappa shape index (κ3) is 4.25. The van der Waals surface area contributed by atoms with Crippen LogP contribution in [0.25, 0.3) is 22.8 Å². The summed E-state index contributed by atoms with van der Waals surface area (Å²) in [5, 5.41) is 0. The molecule has 0 spiro atoms. The first-order chi connectivity index (χ1) is 15.1. The molecule has 4 rings (SSSR count). The van der Waals surface area contributed by atoms with E-state index < -0.39 is 27.4 Å². The fourth-order valence-electron chi connectivity index (χ4n) is 3.36. The predicted octanol–water partition coefficient (Wildman–Crippen LogP) is 5.63. The van der Waals surface area contributed by atoms with E-state index in [1.165, 1.54) is 49.5 Å². The van der Waals surface area contributed by atoms with Crippen molar-refractivity contribution in [3.05, 3.63) is 77.4 Å². The molecular weight excluding hydrogens is 446 g/mol. The number of ether oxygens (including phenoxy) is 1. The molecule has 3 aromatic rings. The van der Waals surface area contributed by atoms with Crippen molar-refractivity contribution < 1.29 is 30.7 Å². The molecule has 0 atom stereocenters. The fraction of sp³-hybridized carbons (Fsp3) is 0.174. The number of fused-ring (bicyclic) bond motifs is 1. The summed E-state index contributed by atoms with van der Waals surface area (Å²) in [5.41, 5.74) is 1.25. The number of benzene rings is 2. The molecule has 1 aromatic heterocycles. The highest BCUT2D eigenvalue weighted by Crippen LogP contribution is 2.38. The molecule has 1 aliphatic rings. The highest BCUT2D eigenvalue weighted by atomic mass is 32.2. The minimum atomic E-state index is -4.50. The number of pyridine rings is 1. The molecule has 2 heterocycles. The molecule has 1 aliphatic heterocycles. The van der Waals surface area contributed by atoms with Crippen LogP contribution in [0.1, 0.15) is 23.7 Å². The van der Waals surface area contributed by atoms with Gasteiger partial charge in [0.05, 0.1) is 21.9 Å².